The van der Waals surface area contributed by atoms with Gasteiger partial charge in [-0.25, -0.2) is 4.98 Å². The number of piperidine rings is 1. The highest BCUT2D eigenvalue weighted by Gasteiger charge is 2.35. The van der Waals surface area contributed by atoms with Crippen molar-refractivity contribution in [3.8, 4) is 23.0 Å². The minimum atomic E-state index is -0.563. The molecule has 1 aromatic heterocycles. The van der Waals surface area contributed by atoms with E-state index in [1.165, 1.54) is 17.2 Å². The molecule has 226 valence electrons. The molecular weight excluding hydrogens is 552 g/mol. The largest absolute Gasteiger partial charge is 0.505 e. The van der Waals surface area contributed by atoms with Crippen LogP contribution in [-0.4, -0.2) is 82.0 Å². The normalized spacial score (nSPS) is 19.3. The van der Waals surface area contributed by atoms with E-state index in [-0.39, 0.29) is 55.6 Å². The number of carbonyl (C=O) groups excluding carboxylic acids is 3. The van der Waals surface area contributed by atoms with Gasteiger partial charge in [0, 0.05) is 37.5 Å². The van der Waals surface area contributed by atoms with Crippen molar-refractivity contribution in [1.82, 2.24) is 20.1 Å². The Balaban J connectivity index is 1.45. The van der Waals surface area contributed by atoms with Crippen molar-refractivity contribution in [1.29, 1.82) is 0 Å². The fraction of sp³-hybridized carbons (Fsp3) is 0.375. The average Bonchev–Trinajstić information content (AvgIpc) is 2.98. The van der Waals surface area contributed by atoms with Crippen LogP contribution in [0.15, 0.2) is 60.8 Å². The SMILES string of the molecule is CCN1CC(=O)N[C@H]2CN(C(=O)c3ncccc3O)CC[C@@H]2OCc2cccc(c2)Oc2cc(OC(C)C)cc(c2)C1=O. The maximum atomic E-state index is 13.6. The zero-order valence-electron chi connectivity index (χ0n) is 24.5. The minimum Gasteiger partial charge on any atom is -0.505 e. The maximum absolute atomic E-state index is 13.6. The topological polar surface area (TPSA) is 131 Å². The monoisotopic (exact) mass is 588 g/mol. The Hall–Kier alpha value is -4.64. The molecule has 2 N–H and O–H groups in total. The summed E-state index contributed by atoms with van der Waals surface area (Å²) in [5, 5.41) is 13.2. The molecule has 0 unspecified atom stereocenters. The number of ether oxygens (including phenoxy) is 3. The fourth-order valence-electron chi connectivity index (χ4n) is 5.23. The molecule has 0 saturated carbocycles. The fourth-order valence-corrected chi connectivity index (χ4v) is 5.23. The average molecular weight is 589 g/mol. The van der Waals surface area contributed by atoms with Gasteiger partial charge in [-0.05, 0) is 69.2 Å². The number of pyridine rings is 1. The second-order valence-corrected chi connectivity index (χ2v) is 10.9. The molecule has 1 fully saturated rings. The van der Waals surface area contributed by atoms with E-state index in [1.807, 2.05) is 38.1 Å². The highest BCUT2D eigenvalue weighted by atomic mass is 16.5. The standard InChI is InChI=1S/C32H36N4O7/c1-4-35-18-29(38)34-26-17-36(32(40)30-27(37)9-6-11-33-30)12-10-28(26)41-19-21-7-5-8-23(13-21)43-25-15-22(31(35)39)14-24(16-25)42-20(2)3/h5-9,11,13-16,20,26,28,37H,4,10,12,17-19H2,1-3H3,(H,34,38)/t26-,28-/m0/s1. The van der Waals surface area contributed by atoms with E-state index in [1.54, 1.807) is 36.1 Å². The van der Waals surface area contributed by atoms with Crippen LogP contribution in [0.2, 0.25) is 0 Å². The second-order valence-electron chi connectivity index (χ2n) is 10.9. The molecule has 2 atom stereocenters. The number of likely N-dealkylation sites (tertiary alicyclic amines) is 1. The van der Waals surface area contributed by atoms with Crippen molar-refractivity contribution < 1.29 is 33.7 Å². The van der Waals surface area contributed by atoms with E-state index in [9.17, 15) is 19.5 Å². The number of nitrogens with one attached hydrogen (secondary N) is 1. The van der Waals surface area contributed by atoms with Crippen LogP contribution in [-0.2, 0) is 16.1 Å². The van der Waals surface area contributed by atoms with Gasteiger partial charge >= 0.3 is 0 Å². The van der Waals surface area contributed by atoms with Gasteiger partial charge in [0.1, 0.15) is 23.0 Å². The summed E-state index contributed by atoms with van der Waals surface area (Å²) in [6.45, 7) is 6.43. The van der Waals surface area contributed by atoms with Crippen molar-refractivity contribution in [3.05, 3.63) is 77.6 Å². The number of nitrogens with zero attached hydrogens (tertiary/aromatic N) is 3. The number of amides is 3. The second kappa shape index (κ2) is 13.1. The van der Waals surface area contributed by atoms with Crippen molar-refractivity contribution in [2.24, 2.45) is 0 Å². The number of hydrogen-bond acceptors (Lipinski definition) is 8. The van der Waals surface area contributed by atoms with Gasteiger partial charge < -0.3 is 34.4 Å². The number of fused-ring (bicyclic) bond motifs is 5. The van der Waals surface area contributed by atoms with E-state index in [0.717, 1.165) is 5.56 Å². The number of benzene rings is 2. The first kappa shape index (κ1) is 29.8. The van der Waals surface area contributed by atoms with E-state index in [4.69, 9.17) is 14.2 Å². The van der Waals surface area contributed by atoms with Crippen molar-refractivity contribution in [3.63, 3.8) is 0 Å². The van der Waals surface area contributed by atoms with Gasteiger partial charge in [-0.2, -0.15) is 0 Å². The first-order valence-electron chi connectivity index (χ1n) is 14.4. The van der Waals surface area contributed by atoms with Crippen LogP contribution in [0.4, 0.5) is 0 Å². The summed E-state index contributed by atoms with van der Waals surface area (Å²) >= 11 is 0. The van der Waals surface area contributed by atoms with Gasteiger partial charge in [-0.3, -0.25) is 14.4 Å². The summed E-state index contributed by atoms with van der Waals surface area (Å²) in [6, 6.07) is 14.9. The molecule has 3 aromatic rings. The Morgan fingerprint density at radius 3 is 2.74 bits per heavy atom. The quantitative estimate of drug-likeness (QED) is 0.471. The van der Waals surface area contributed by atoms with E-state index in [0.29, 0.717) is 35.8 Å². The molecule has 0 radical (unpaired) electrons. The van der Waals surface area contributed by atoms with Crippen LogP contribution in [0.3, 0.4) is 0 Å². The van der Waals surface area contributed by atoms with Crippen molar-refractivity contribution in [2.75, 3.05) is 26.2 Å². The summed E-state index contributed by atoms with van der Waals surface area (Å²) < 4.78 is 18.4. The molecule has 1 saturated heterocycles. The van der Waals surface area contributed by atoms with Gasteiger partial charge in [0.05, 0.1) is 31.4 Å². The van der Waals surface area contributed by atoms with Gasteiger partial charge in [-0.15, -0.1) is 0 Å². The molecule has 11 nitrogen and oxygen atoms in total. The molecule has 0 aliphatic carbocycles. The molecule has 2 aliphatic heterocycles. The minimum absolute atomic E-state index is 0.0518. The maximum Gasteiger partial charge on any atom is 0.276 e. The van der Waals surface area contributed by atoms with E-state index in [2.05, 4.69) is 10.3 Å². The lowest BCUT2D eigenvalue weighted by Crippen LogP contribution is -2.58. The Bertz CT molecular complexity index is 1490. The van der Waals surface area contributed by atoms with Crippen molar-refractivity contribution in [2.45, 2.75) is 52.0 Å². The van der Waals surface area contributed by atoms with Gasteiger partial charge in [0.2, 0.25) is 5.91 Å². The molecule has 11 heteroatoms. The van der Waals surface area contributed by atoms with Crippen molar-refractivity contribution >= 4 is 17.7 Å². The number of aromatic hydroxyl groups is 1. The van der Waals surface area contributed by atoms with Crippen LogP contribution in [0, 0.1) is 0 Å². The Morgan fingerprint density at radius 1 is 1.14 bits per heavy atom. The smallest absolute Gasteiger partial charge is 0.276 e. The number of rotatable bonds is 4. The molecule has 2 aliphatic rings. The van der Waals surface area contributed by atoms with Gasteiger partial charge in [0.25, 0.3) is 11.8 Å². The Labute approximate surface area is 250 Å². The molecule has 3 amide bonds. The summed E-state index contributed by atoms with van der Waals surface area (Å²) in [5.74, 6) is 0.0981. The molecule has 5 rings (SSSR count). The number of carbonyl (C=O) groups is 3. The summed E-state index contributed by atoms with van der Waals surface area (Å²) in [5.41, 5.74) is 1.13. The zero-order chi connectivity index (χ0) is 30.5. The summed E-state index contributed by atoms with van der Waals surface area (Å²) in [4.78, 5) is 47.2. The lowest BCUT2D eigenvalue weighted by Gasteiger charge is -2.39. The number of aromatic nitrogens is 1. The lowest BCUT2D eigenvalue weighted by molar-refractivity contribution is -0.124. The zero-order valence-corrected chi connectivity index (χ0v) is 24.5. The van der Waals surface area contributed by atoms with Gasteiger partial charge in [-0.1, -0.05) is 12.1 Å². The van der Waals surface area contributed by atoms with Crippen LogP contribution in [0.1, 0.15) is 53.6 Å². The van der Waals surface area contributed by atoms with E-state index >= 15 is 0 Å². The van der Waals surface area contributed by atoms with Crippen LogP contribution < -0.4 is 14.8 Å². The third-order valence-corrected chi connectivity index (χ3v) is 7.27. The van der Waals surface area contributed by atoms with Crippen LogP contribution in [0.5, 0.6) is 23.0 Å². The first-order valence-corrected chi connectivity index (χ1v) is 14.4. The lowest BCUT2D eigenvalue weighted by atomic mass is 10.0. The highest BCUT2D eigenvalue weighted by Crippen LogP contribution is 2.30. The predicted octanol–water partition coefficient (Wildman–Crippen LogP) is 3.76. The third-order valence-electron chi connectivity index (χ3n) is 7.27. The van der Waals surface area contributed by atoms with Gasteiger partial charge in [0.15, 0.2) is 5.69 Å². The number of likely N-dealkylation sites (N-methyl/N-ethyl adjacent to an activating group) is 1. The molecular formula is C32H36N4O7. The summed E-state index contributed by atoms with van der Waals surface area (Å²) in [7, 11) is 0. The Morgan fingerprint density at radius 2 is 1.98 bits per heavy atom. The van der Waals surface area contributed by atoms with Crippen LogP contribution in [0.25, 0.3) is 0 Å². The third kappa shape index (κ3) is 7.23. The van der Waals surface area contributed by atoms with E-state index < -0.39 is 18.1 Å². The predicted molar refractivity (Wildman–Crippen MR) is 157 cm³/mol. The molecule has 0 spiro atoms. The highest BCUT2D eigenvalue weighted by molar-refractivity contribution is 5.97. The number of hydrogen-bond donors (Lipinski definition) is 2. The first-order chi connectivity index (χ1) is 20.7. The Kier molecular flexibility index (Phi) is 9.10. The molecule has 2 aromatic carbocycles. The summed E-state index contributed by atoms with van der Waals surface area (Å²) in [6.07, 6.45) is 1.36. The molecule has 43 heavy (non-hydrogen) atoms. The molecule has 4 bridgehead atoms. The van der Waals surface area contributed by atoms with Crippen LogP contribution >= 0.6 is 0 Å². The molecule has 3 heterocycles.